The van der Waals surface area contributed by atoms with Crippen LogP contribution in [0.3, 0.4) is 0 Å². The summed E-state index contributed by atoms with van der Waals surface area (Å²) in [5.41, 5.74) is 1.99. The average Bonchev–Trinajstić information content (AvgIpc) is 2.58. The number of rotatable bonds is 4. The molecule has 0 atom stereocenters. The van der Waals surface area contributed by atoms with Crippen LogP contribution in [-0.2, 0) is 11.2 Å². The van der Waals surface area contributed by atoms with E-state index in [1.807, 2.05) is 35.2 Å². The highest BCUT2D eigenvalue weighted by atomic mass is 19.1. The van der Waals surface area contributed by atoms with Gasteiger partial charge in [-0.25, -0.2) is 4.39 Å². The molecule has 0 aromatic heterocycles. The van der Waals surface area contributed by atoms with Crippen molar-refractivity contribution in [2.24, 2.45) is 0 Å². The van der Waals surface area contributed by atoms with E-state index in [1.165, 1.54) is 12.1 Å². The smallest absolute Gasteiger partial charge is 0.226 e. The molecule has 1 saturated heterocycles. The molecule has 1 fully saturated rings. The van der Waals surface area contributed by atoms with Crippen molar-refractivity contribution in [1.29, 1.82) is 0 Å². The third-order valence-corrected chi connectivity index (χ3v) is 4.26. The van der Waals surface area contributed by atoms with Crippen molar-refractivity contribution in [2.75, 3.05) is 18.4 Å². The summed E-state index contributed by atoms with van der Waals surface area (Å²) in [6, 6.07) is 16.6. The fourth-order valence-corrected chi connectivity index (χ4v) is 2.94. The molecule has 0 spiro atoms. The second-order valence-corrected chi connectivity index (χ2v) is 5.97. The van der Waals surface area contributed by atoms with Crippen molar-refractivity contribution in [2.45, 2.75) is 25.3 Å². The van der Waals surface area contributed by atoms with Crippen LogP contribution in [0, 0.1) is 5.82 Å². The zero-order valence-corrected chi connectivity index (χ0v) is 13.0. The number of carbonyl (C=O) groups is 1. The second kappa shape index (κ2) is 7.27. The molecule has 0 unspecified atom stereocenters. The first-order valence-electron chi connectivity index (χ1n) is 8.04. The highest BCUT2D eigenvalue weighted by Crippen LogP contribution is 2.18. The molecule has 0 aliphatic carbocycles. The average molecular weight is 312 g/mol. The third-order valence-electron chi connectivity index (χ3n) is 4.26. The number of anilines is 1. The maximum atomic E-state index is 12.9. The minimum absolute atomic E-state index is 0.191. The number of nitrogens with one attached hydrogen (secondary N) is 1. The Hall–Kier alpha value is -2.36. The van der Waals surface area contributed by atoms with E-state index in [0.717, 1.165) is 37.2 Å². The second-order valence-electron chi connectivity index (χ2n) is 5.97. The van der Waals surface area contributed by atoms with Crippen molar-refractivity contribution in [1.82, 2.24) is 4.90 Å². The Labute approximate surface area is 136 Å². The highest BCUT2D eigenvalue weighted by molar-refractivity contribution is 5.78. The molecule has 2 aromatic carbocycles. The van der Waals surface area contributed by atoms with Crippen LogP contribution < -0.4 is 5.32 Å². The zero-order valence-electron chi connectivity index (χ0n) is 13.0. The molecule has 23 heavy (non-hydrogen) atoms. The minimum Gasteiger partial charge on any atom is -0.382 e. The summed E-state index contributed by atoms with van der Waals surface area (Å²) in [6.07, 6.45) is 2.30. The van der Waals surface area contributed by atoms with Gasteiger partial charge in [-0.1, -0.05) is 30.3 Å². The predicted octanol–water partition coefficient (Wildman–Crippen LogP) is 3.47. The number of hydrogen-bond donors (Lipinski definition) is 1. The summed E-state index contributed by atoms with van der Waals surface area (Å²) in [5.74, 6) is -0.0340. The van der Waals surface area contributed by atoms with Gasteiger partial charge in [0, 0.05) is 24.8 Å². The van der Waals surface area contributed by atoms with Crippen LogP contribution in [0.4, 0.5) is 10.1 Å². The number of nitrogens with zero attached hydrogens (tertiary/aromatic N) is 1. The summed E-state index contributed by atoms with van der Waals surface area (Å²) in [7, 11) is 0. The van der Waals surface area contributed by atoms with Crippen LogP contribution in [0.1, 0.15) is 18.4 Å². The highest BCUT2D eigenvalue weighted by Gasteiger charge is 2.22. The van der Waals surface area contributed by atoms with E-state index in [2.05, 4.69) is 5.32 Å². The Morgan fingerprint density at radius 2 is 1.70 bits per heavy atom. The van der Waals surface area contributed by atoms with Gasteiger partial charge < -0.3 is 10.2 Å². The summed E-state index contributed by atoms with van der Waals surface area (Å²) in [4.78, 5) is 14.3. The van der Waals surface area contributed by atoms with E-state index >= 15 is 0 Å². The van der Waals surface area contributed by atoms with Crippen molar-refractivity contribution in [3.8, 4) is 0 Å². The van der Waals surface area contributed by atoms with Gasteiger partial charge in [0.2, 0.25) is 5.91 Å². The monoisotopic (exact) mass is 312 g/mol. The van der Waals surface area contributed by atoms with Gasteiger partial charge in [-0.2, -0.15) is 0 Å². The number of piperidine rings is 1. The van der Waals surface area contributed by atoms with Crippen molar-refractivity contribution < 1.29 is 9.18 Å². The lowest BCUT2D eigenvalue weighted by Crippen LogP contribution is -2.43. The van der Waals surface area contributed by atoms with Gasteiger partial charge in [-0.3, -0.25) is 4.79 Å². The predicted molar refractivity (Wildman–Crippen MR) is 89.8 cm³/mol. The van der Waals surface area contributed by atoms with Crippen LogP contribution in [-0.4, -0.2) is 29.9 Å². The number of likely N-dealkylation sites (tertiary alicyclic amines) is 1. The molecule has 1 N–H and O–H groups in total. The van der Waals surface area contributed by atoms with Gasteiger partial charge in [0.1, 0.15) is 5.82 Å². The van der Waals surface area contributed by atoms with Gasteiger partial charge in [-0.05, 0) is 42.7 Å². The Bertz CT molecular complexity index is 634. The van der Waals surface area contributed by atoms with Crippen LogP contribution in [0.15, 0.2) is 54.6 Å². The van der Waals surface area contributed by atoms with Crippen LogP contribution in [0.2, 0.25) is 0 Å². The molecule has 1 amide bonds. The standard InChI is InChI=1S/C19H21FN2O/c20-16-6-8-17(9-7-16)21-18-10-12-22(13-11-18)19(23)14-15-4-2-1-3-5-15/h1-9,18,21H,10-14H2. The van der Waals surface area contributed by atoms with Gasteiger partial charge in [-0.15, -0.1) is 0 Å². The molecule has 0 saturated carbocycles. The lowest BCUT2D eigenvalue weighted by Gasteiger charge is -2.33. The van der Waals surface area contributed by atoms with E-state index < -0.39 is 0 Å². The van der Waals surface area contributed by atoms with Gasteiger partial charge >= 0.3 is 0 Å². The molecule has 3 rings (SSSR count). The van der Waals surface area contributed by atoms with Crippen LogP contribution >= 0.6 is 0 Å². The molecule has 1 heterocycles. The third kappa shape index (κ3) is 4.31. The molecule has 120 valence electrons. The molecule has 1 aliphatic heterocycles. The summed E-state index contributed by atoms with van der Waals surface area (Å²) in [6.45, 7) is 1.54. The Morgan fingerprint density at radius 1 is 1.04 bits per heavy atom. The number of benzene rings is 2. The fourth-order valence-electron chi connectivity index (χ4n) is 2.94. The lowest BCUT2D eigenvalue weighted by atomic mass is 10.0. The number of carbonyl (C=O) groups excluding carboxylic acids is 1. The molecule has 1 aliphatic rings. The van der Waals surface area contributed by atoms with Crippen LogP contribution in [0.5, 0.6) is 0 Å². The molecule has 2 aromatic rings. The van der Waals surface area contributed by atoms with Crippen LogP contribution in [0.25, 0.3) is 0 Å². The molecular formula is C19H21FN2O. The summed E-state index contributed by atoms with van der Waals surface area (Å²) < 4.78 is 12.9. The SMILES string of the molecule is O=C(Cc1ccccc1)N1CCC(Nc2ccc(F)cc2)CC1. The first kappa shape index (κ1) is 15.5. The molecule has 0 bridgehead atoms. The van der Waals surface area contributed by atoms with Crippen molar-refractivity contribution >= 4 is 11.6 Å². The van der Waals surface area contributed by atoms with Gasteiger partial charge in [0.25, 0.3) is 0 Å². The summed E-state index contributed by atoms with van der Waals surface area (Å²) in [5, 5.41) is 3.41. The van der Waals surface area contributed by atoms with E-state index in [0.29, 0.717) is 12.5 Å². The van der Waals surface area contributed by atoms with E-state index in [-0.39, 0.29) is 11.7 Å². The summed E-state index contributed by atoms with van der Waals surface area (Å²) >= 11 is 0. The Morgan fingerprint density at radius 3 is 2.35 bits per heavy atom. The molecule has 0 radical (unpaired) electrons. The maximum absolute atomic E-state index is 12.9. The molecular weight excluding hydrogens is 291 g/mol. The first-order chi connectivity index (χ1) is 11.2. The number of amides is 1. The number of hydrogen-bond acceptors (Lipinski definition) is 2. The first-order valence-corrected chi connectivity index (χ1v) is 8.04. The largest absolute Gasteiger partial charge is 0.382 e. The van der Waals surface area contributed by atoms with E-state index in [9.17, 15) is 9.18 Å². The minimum atomic E-state index is -0.225. The van der Waals surface area contributed by atoms with Gasteiger partial charge in [0.05, 0.1) is 6.42 Å². The van der Waals surface area contributed by atoms with Gasteiger partial charge in [0.15, 0.2) is 0 Å². The van der Waals surface area contributed by atoms with E-state index in [1.54, 1.807) is 12.1 Å². The lowest BCUT2D eigenvalue weighted by molar-refractivity contribution is -0.131. The quantitative estimate of drug-likeness (QED) is 0.937. The Kier molecular flexibility index (Phi) is 4.91. The maximum Gasteiger partial charge on any atom is 0.226 e. The normalized spacial score (nSPS) is 15.4. The number of halogens is 1. The van der Waals surface area contributed by atoms with Crippen molar-refractivity contribution in [3.05, 3.63) is 66.0 Å². The topological polar surface area (TPSA) is 32.3 Å². The Balaban J connectivity index is 1.48. The van der Waals surface area contributed by atoms with Crippen molar-refractivity contribution in [3.63, 3.8) is 0 Å². The molecule has 4 heteroatoms. The van der Waals surface area contributed by atoms with E-state index in [4.69, 9.17) is 0 Å². The zero-order chi connectivity index (χ0) is 16.1. The fraction of sp³-hybridized carbons (Fsp3) is 0.316. The molecule has 3 nitrogen and oxygen atoms in total.